The molecule has 1 aliphatic heterocycles. The summed E-state index contributed by atoms with van der Waals surface area (Å²) in [6, 6.07) is 3.08. The Labute approximate surface area is 137 Å². The van der Waals surface area contributed by atoms with Crippen LogP contribution < -0.4 is 10.9 Å². The Kier molecular flexibility index (Phi) is 5.97. The SMILES string of the molecule is Cc1cc(C(=O)N2CCC(CN)C2)cc(S(N)(=O)=O)c1C.Cl. The maximum atomic E-state index is 12.5. The molecule has 8 heteroatoms. The van der Waals surface area contributed by atoms with Gasteiger partial charge in [-0.1, -0.05) is 0 Å². The van der Waals surface area contributed by atoms with Crippen LogP contribution in [0.4, 0.5) is 0 Å². The van der Waals surface area contributed by atoms with Crippen molar-refractivity contribution in [3.63, 3.8) is 0 Å². The van der Waals surface area contributed by atoms with E-state index in [9.17, 15) is 13.2 Å². The largest absolute Gasteiger partial charge is 0.338 e. The lowest BCUT2D eigenvalue weighted by atomic mass is 10.1. The highest BCUT2D eigenvalue weighted by atomic mass is 35.5. The fourth-order valence-corrected chi connectivity index (χ4v) is 3.52. The standard InChI is InChI=1S/C14H21N3O3S.ClH/c1-9-5-12(6-13(10(9)2)21(16,19)20)14(18)17-4-3-11(7-15)8-17;/h5-6,11H,3-4,7-8,15H2,1-2H3,(H2,16,19,20);1H. The number of halogens is 1. The fourth-order valence-electron chi connectivity index (χ4n) is 2.64. The number of carbonyl (C=O) groups excluding carboxylic acids is 1. The Balaban J connectivity index is 0.00000242. The summed E-state index contributed by atoms with van der Waals surface area (Å²) in [6.07, 6.45) is 0.884. The van der Waals surface area contributed by atoms with Crippen LogP contribution in [0.3, 0.4) is 0 Å². The summed E-state index contributed by atoms with van der Waals surface area (Å²) in [4.78, 5) is 14.2. The van der Waals surface area contributed by atoms with Crippen molar-refractivity contribution in [2.45, 2.75) is 25.2 Å². The number of primary sulfonamides is 1. The Morgan fingerprint density at radius 1 is 1.36 bits per heavy atom. The second-order valence-electron chi connectivity index (χ2n) is 5.60. The predicted octanol–water partition coefficient (Wildman–Crippen LogP) is 0.793. The second-order valence-corrected chi connectivity index (χ2v) is 7.13. The zero-order valence-corrected chi connectivity index (χ0v) is 14.3. The van der Waals surface area contributed by atoms with Gasteiger partial charge in [0.1, 0.15) is 0 Å². The molecule has 0 saturated carbocycles. The second kappa shape index (κ2) is 6.95. The van der Waals surface area contributed by atoms with Gasteiger partial charge < -0.3 is 10.6 Å². The van der Waals surface area contributed by atoms with E-state index in [1.54, 1.807) is 24.8 Å². The third kappa shape index (κ3) is 3.78. The maximum Gasteiger partial charge on any atom is 0.253 e. The van der Waals surface area contributed by atoms with E-state index < -0.39 is 10.0 Å². The summed E-state index contributed by atoms with van der Waals surface area (Å²) in [5.74, 6) is 0.150. The first-order valence-electron chi connectivity index (χ1n) is 6.87. The van der Waals surface area contributed by atoms with E-state index in [4.69, 9.17) is 10.9 Å². The molecule has 1 amide bonds. The average molecular weight is 348 g/mol. The molecule has 1 aliphatic rings. The molecule has 22 heavy (non-hydrogen) atoms. The van der Waals surface area contributed by atoms with E-state index in [2.05, 4.69) is 0 Å². The summed E-state index contributed by atoms with van der Waals surface area (Å²) in [5.41, 5.74) is 7.30. The lowest BCUT2D eigenvalue weighted by molar-refractivity contribution is 0.0787. The third-order valence-electron chi connectivity index (χ3n) is 4.08. The number of benzene rings is 1. The summed E-state index contributed by atoms with van der Waals surface area (Å²) in [7, 11) is -3.84. The minimum atomic E-state index is -3.84. The molecule has 2 rings (SSSR count). The van der Waals surface area contributed by atoms with Gasteiger partial charge in [0.2, 0.25) is 10.0 Å². The molecule has 0 radical (unpaired) electrons. The summed E-state index contributed by atoms with van der Waals surface area (Å²) >= 11 is 0. The summed E-state index contributed by atoms with van der Waals surface area (Å²) in [5, 5.41) is 5.22. The molecule has 0 bridgehead atoms. The van der Waals surface area contributed by atoms with Crippen LogP contribution in [0.25, 0.3) is 0 Å². The number of nitrogens with two attached hydrogens (primary N) is 2. The van der Waals surface area contributed by atoms with E-state index in [1.807, 2.05) is 0 Å². The number of rotatable bonds is 3. The molecule has 4 N–H and O–H groups in total. The topological polar surface area (TPSA) is 106 Å². The van der Waals surface area contributed by atoms with Crippen molar-refractivity contribution in [2.75, 3.05) is 19.6 Å². The highest BCUT2D eigenvalue weighted by Gasteiger charge is 2.27. The van der Waals surface area contributed by atoms with Crippen LogP contribution in [0, 0.1) is 19.8 Å². The van der Waals surface area contributed by atoms with Gasteiger partial charge in [-0.05, 0) is 56.0 Å². The summed E-state index contributed by atoms with van der Waals surface area (Å²) in [6.45, 7) is 5.28. The van der Waals surface area contributed by atoms with Crippen LogP contribution in [-0.2, 0) is 10.0 Å². The predicted molar refractivity (Wildman–Crippen MR) is 87.6 cm³/mol. The molecule has 1 aromatic carbocycles. The number of carbonyl (C=O) groups is 1. The molecule has 1 unspecified atom stereocenters. The fraction of sp³-hybridized carbons (Fsp3) is 0.500. The molecule has 1 atom stereocenters. The van der Waals surface area contributed by atoms with Crippen LogP contribution in [-0.4, -0.2) is 38.9 Å². The number of aryl methyl sites for hydroxylation is 1. The van der Waals surface area contributed by atoms with Crippen molar-refractivity contribution in [2.24, 2.45) is 16.8 Å². The first-order chi connectivity index (χ1) is 9.74. The smallest absolute Gasteiger partial charge is 0.253 e. The summed E-state index contributed by atoms with van der Waals surface area (Å²) < 4.78 is 23.3. The van der Waals surface area contributed by atoms with Gasteiger partial charge >= 0.3 is 0 Å². The minimum Gasteiger partial charge on any atom is -0.338 e. The Hall–Kier alpha value is -1.15. The quantitative estimate of drug-likeness (QED) is 0.843. The Morgan fingerprint density at radius 3 is 2.50 bits per heavy atom. The van der Waals surface area contributed by atoms with Crippen LogP contribution in [0.2, 0.25) is 0 Å². The molecule has 6 nitrogen and oxygen atoms in total. The molecule has 1 fully saturated rings. The number of likely N-dealkylation sites (tertiary alicyclic amines) is 1. The van der Waals surface area contributed by atoms with Crippen LogP contribution in [0.1, 0.15) is 27.9 Å². The molecule has 1 aromatic rings. The number of hydrogen-bond acceptors (Lipinski definition) is 4. The van der Waals surface area contributed by atoms with Gasteiger partial charge in [-0.15, -0.1) is 12.4 Å². The minimum absolute atomic E-state index is 0. The highest BCUT2D eigenvalue weighted by molar-refractivity contribution is 7.89. The van der Waals surface area contributed by atoms with Gasteiger partial charge in [0, 0.05) is 18.7 Å². The van der Waals surface area contributed by atoms with Crippen molar-refractivity contribution in [1.29, 1.82) is 0 Å². The number of sulfonamides is 1. The van der Waals surface area contributed by atoms with Crippen molar-refractivity contribution in [1.82, 2.24) is 4.90 Å². The van der Waals surface area contributed by atoms with Crippen molar-refractivity contribution < 1.29 is 13.2 Å². The van der Waals surface area contributed by atoms with Crippen LogP contribution in [0.15, 0.2) is 17.0 Å². The normalized spacial score (nSPS) is 18.2. The van der Waals surface area contributed by atoms with Gasteiger partial charge in [0.15, 0.2) is 0 Å². The lowest BCUT2D eigenvalue weighted by Gasteiger charge is -2.18. The van der Waals surface area contributed by atoms with Gasteiger partial charge in [0.25, 0.3) is 5.91 Å². The number of nitrogens with zero attached hydrogens (tertiary/aromatic N) is 1. The van der Waals surface area contributed by atoms with Gasteiger partial charge in [-0.25, -0.2) is 13.6 Å². The van der Waals surface area contributed by atoms with E-state index >= 15 is 0 Å². The average Bonchev–Trinajstić information content (AvgIpc) is 2.88. The van der Waals surface area contributed by atoms with Gasteiger partial charge in [0.05, 0.1) is 4.90 Å². The molecule has 0 aliphatic carbocycles. The van der Waals surface area contributed by atoms with E-state index in [0.29, 0.717) is 36.7 Å². The molecule has 1 saturated heterocycles. The zero-order chi connectivity index (χ0) is 15.8. The third-order valence-corrected chi connectivity index (χ3v) is 5.12. The first kappa shape index (κ1) is 18.9. The van der Waals surface area contributed by atoms with Crippen molar-refractivity contribution >= 4 is 28.3 Å². The monoisotopic (exact) mass is 347 g/mol. The van der Waals surface area contributed by atoms with E-state index in [-0.39, 0.29) is 23.2 Å². The van der Waals surface area contributed by atoms with Gasteiger partial charge in [-0.3, -0.25) is 4.79 Å². The van der Waals surface area contributed by atoms with Crippen molar-refractivity contribution in [3.8, 4) is 0 Å². The molecular weight excluding hydrogens is 326 g/mol. The van der Waals surface area contributed by atoms with Gasteiger partial charge in [-0.2, -0.15) is 0 Å². The number of amides is 1. The Morgan fingerprint density at radius 2 is 2.00 bits per heavy atom. The van der Waals surface area contributed by atoms with Crippen molar-refractivity contribution in [3.05, 3.63) is 28.8 Å². The number of hydrogen-bond donors (Lipinski definition) is 2. The zero-order valence-electron chi connectivity index (χ0n) is 12.7. The maximum absolute atomic E-state index is 12.5. The molecule has 0 aromatic heterocycles. The lowest BCUT2D eigenvalue weighted by Crippen LogP contribution is -2.30. The molecule has 124 valence electrons. The first-order valence-corrected chi connectivity index (χ1v) is 8.42. The van der Waals surface area contributed by atoms with E-state index in [1.165, 1.54) is 6.07 Å². The van der Waals surface area contributed by atoms with Crippen LogP contribution >= 0.6 is 12.4 Å². The van der Waals surface area contributed by atoms with E-state index in [0.717, 1.165) is 12.0 Å². The Bertz CT molecular complexity index is 676. The molecule has 0 spiro atoms. The molecular formula is C14H22ClN3O3S. The van der Waals surface area contributed by atoms with Crippen LogP contribution in [0.5, 0.6) is 0 Å². The molecule has 1 heterocycles. The highest BCUT2D eigenvalue weighted by Crippen LogP contribution is 2.23.